The Morgan fingerprint density at radius 2 is 1.92 bits per heavy atom. The topological polar surface area (TPSA) is 55.1 Å². The van der Waals surface area contributed by atoms with E-state index in [4.69, 9.17) is 5.84 Å². The molecule has 3 heteroatoms. The molecule has 0 fully saturated rings. The van der Waals surface area contributed by atoms with Crippen molar-refractivity contribution in [3.05, 3.63) is 35.9 Å². The summed E-state index contributed by atoms with van der Waals surface area (Å²) in [6, 6.07) is 7.42. The number of hydrogen-bond donors (Lipinski definition) is 2. The van der Waals surface area contributed by atoms with E-state index in [1.807, 2.05) is 24.3 Å². The summed E-state index contributed by atoms with van der Waals surface area (Å²) in [7, 11) is 0. The van der Waals surface area contributed by atoms with Gasteiger partial charge in [0.05, 0.1) is 0 Å². The molecule has 3 nitrogen and oxygen atoms in total. The first kappa shape index (κ1) is 8.49. The first-order valence-electron chi connectivity index (χ1n) is 3.55. The van der Waals surface area contributed by atoms with Crippen molar-refractivity contribution in [2.75, 3.05) is 5.43 Å². The van der Waals surface area contributed by atoms with Crippen LogP contribution in [0, 0.1) is 0 Å². The number of nitrogen functional groups attached to an aromatic ring is 1. The van der Waals surface area contributed by atoms with Crippen LogP contribution < -0.4 is 11.3 Å². The van der Waals surface area contributed by atoms with Crippen LogP contribution in [0.5, 0.6) is 0 Å². The van der Waals surface area contributed by atoms with Crippen LogP contribution in [0.1, 0.15) is 5.56 Å². The van der Waals surface area contributed by atoms with Crippen molar-refractivity contribution >= 4 is 18.0 Å². The zero-order valence-electron chi connectivity index (χ0n) is 6.53. The van der Waals surface area contributed by atoms with Gasteiger partial charge in [-0.15, -0.1) is 0 Å². The molecule has 0 radical (unpaired) electrons. The summed E-state index contributed by atoms with van der Waals surface area (Å²) in [4.78, 5) is 9.98. The number of allylic oxidation sites excluding steroid dienone is 1. The second-order valence-electron chi connectivity index (χ2n) is 2.26. The third kappa shape index (κ3) is 2.21. The lowest BCUT2D eigenvalue weighted by Crippen LogP contribution is -2.05. The largest absolute Gasteiger partial charge is 0.324 e. The number of carbonyl (C=O) groups is 1. The fraction of sp³-hybridized carbons (Fsp3) is 0. The quantitative estimate of drug-likeness (QED) is 0.304. The van der Waals surface area contributed by atoms with Crippen molar-refractivity contribution in [3.63, 3.8) is 0 Å². The summed E-state index contributed by atoms with van der Waals surface area (Å²) in [5.41, 5.74) is 4.34. The summed E-state index contributed by atoms with van der Waals surface area (Å²) >= 11 is 0. The Kier molecular flexibility index (Phi) is 3.04. The maximum absolute atomic E-state index is 9.98. The summed E-state index contributed by atoms with van der Waals surface area (Å²) < 4.78 is 0. The van der Waals surface area contributed by atoms with Crippen LogP contribution >= 0.6 is 0 Å². The molecule has 0 spiro atoms. The average molecular weight is 162 g/mol. The van der Waals surface area contributed by atoms with Crippen molar-refractivity contribution in [1.82, 2.24) is 0 Å². The van der Waals surface area contributed by atoms with Gasteiger partial charge in [0.1, 0.15) is 6.29 Å². The van der Waals surface area contributed by atoms with E-state index in [0.29, 0.717) is 0 Å². The lowest BCUT2D eigenvalue weighted by atomic mass is 10.2. The van der Waals surface area contributed by atoms with Crippen LogP contribution in [-0.2, 0) is 4.79 Å². The lowest BCUT2D eigenvalue weighted by molar-refractivity contribution is -0.104. The number of benzene rings is 1. The third-order valence-electron chi connectivity index (χ3n) is 1.44. The first-order chi connectivity index (χ1) is 5.86. The highest BCUT2D eigenvalue weighted by molar-refractivity contribution is 5.74. The molecular formula is C9H10N2O. The number of rotatable bonds is 3. The number of nitrogens with one attached hydrogen (secondary N) is 1. The molecule has 0 atom stereocenters. The Labute approximate surface area is 70.9 Å². The summed E-state index contributed by atoms with van der Waals surface area (Å²) in [6.45, 7) is 0. The van der Waals surface area contributed by atoms with E-state index >= 15 is 0 Å². The lowest BCUT2D eigenvalue weighted by Gasteiger charge is -1.98. The molecule has 1 aromatic rings. The number of anilines is 1. The van der Waals surface area contributed by atoms with Crippen LogP contribution in [0.25, 0.3) is 6.08 Å². The van der Waals surface area contributed by atoms with Gasteiger partial charge in [0, 0.05) is 5.69 Å². The normalized spacial score (nSPS) is 10.1. The zero-order valence-corrected chi connectivity index (χ0v) is 6.53. The van der Waals surface area contributed by atoms with Crippen LogP contribution in [0.3, 0.4) is 0 Å². The number of carbonyl (C=O) groups excluding carboxylic acids is 1. The van der Waals surface area contributed by atoms with Crippen LogP contribution in [0.15, 0.2) is 30.3 Å². The van der Waals surface area contributed by atoms with Crippen molar-refractivity contribution in [2.45, 2.75) is 0 Å². The molecule has 1 aromatic carbocycles. The van der Waals surface area contributed by atoms with E-state index in [0.717, 1.165) is 17.5 Å². The minimum atomic E-state index is 0.745. The van der Waals surface area contributed by atoms with Gasteiger partial charge >= 0.3 is 0 Å². The molecule has 0 amide bonds. The van der Waals surface area contributed by atoms with E-state index in [-0.39, 0.29) is 0 Å². The molecule has 0 saturated carbocycles. The van der Waals surface area contributed by atoms with Gasteiger partial charge in [-0.05, 0) is 23.8 Å². The highest BCUT2D eigenvalue weighted by Gasteiger charge is 1.87. The zero-order chi connectivity index (χ0) is 8.81. The van der Waals surface area contributed by atoms with Gasteiger partial charge in [-0.1, -0.05) is 18.2 Å². The van der Waals surface area contributed by atoms with E-state index < -0.39 is 0 Å². The first-order valence-corrected chi connectivity index (χ1v) is 3.55. The Morgan fingerprint density at radius 3 is 2.42 bits per heavy atom. The van der Waals surface area contributed by atoms with Crippen molar-refractivity contribution < 1.29 is 4.79 Å². The van der Waals surface area contributed by atoms with Crippen molar-refractivity contribution in [3.8, 4) is 0 Å². The predicted molar refractivity (Wildman–Crippen MR) is 49.4 cm³/mol. The molecule has 62 valence electrons. The maximum atomic E-state index is 9.98. The smallest absolute Gasteiger partial charge is 0.142 e. The molecule has 0 aliphatic heterocycles. The van der Waals surface area contributed by atoms with E-state index in [9.17, 15) is 4.79 Å². The summed E-state index contributed by atoms with van der Waals surface area (Å²) in [5.74, 6) is 5.18. The maximum Gasteiger partial charge on any atom is 0.142 e. The van der Waals surface area contributed by atoms with E-state index in [1.165, 1.54) is 6.08 Å². The fourth-order valence-electron chi connectivity index (χ4n) is 0.841. The Balaban J connectivity index is 2.77. The molecule has 1 rings (SSSR count). The summed E-state index contributed by atoms with van der Waals surface area (Å²) in [6.07, 6.45) is 3.92. The van der Waals surface area contributed by atoms with Gasteiger partial charge in [0.15, 0.2) is 0 Å². The van der Waals surface area contributed by atoms with Gasteiger partial charge in [-0.2, -0.15) is 0 Å². The second-order valence-corrected chi connectivity index (χ2v) is 2.26. The standard InChI is InChI=1S/C9H10N2O/c10-11-9-5-3-8(4-6-9)2-1-7-12/h1-7,11H,10H2. The molecule has 12 heavy (non-hydrogen) atoms. The third-order valence-corrected chi connectivity index (χ3v) is 1.44. The number of hydrazine groups is 1. The Bertz CT molecular complexity index is 277. The molecule has 0 aliphatic rings. The second kappa shape index (κ2) is 4.31. The van der Waals surface area contributed by atoms with Gasteiger partial charge in [-0.25, -0.2) is 0 Å². The van der Waals surface area contributed by atoms with Gasteiger partial charge < -0.3 is 5.43 Å². The van der Waals surface area contributed by atoms with Crippen molar-refractivity contribution in [1.29, 1.82) is 0 Å². The van der Waals surface area contributed by atoms with Gasteiger partial charge in [0.25, 0.3) is 0 Å². The number of aldehydes is 1. The molecule has 0 saturated heterocycles. The molecular weight excluding hydrogens is 152 g/mol. The monoisotopic (exact) mass is 162 g/mol. The fourth-order valence-corrected chi connectivity index (χ4v) is 0.841. The molecule has 0 heterocycles. The van der Waals surface area contributed by atoms with Crippen LogP contribution in [-0.4, -0.2) is 6.29 Å². The van der Waals surface area contributed by atoms with E-state index in [2.05, 4.69) is 5.43 Å². The SMILES string of the molecule is NNc1ccc(C=CC=O)cc1. The molecule has 0 aromatic heterocycles. The van der Waals surface area contributed by atoms with E-state index in [1.54, 1.807) is 6.08 Å². The van der Waals surface area contributed by atoms with Gasteiger partial charge in [0.2, 0.25) is 0 Å². The Morgan fingerprint density at radius 1 is 1.25 bits per heavy atom. The summed E-state index contributed by atoms with van der Waals surface area (Å²) in [5, 5.41) is 0. The molecule has 0 aliphatic carbocycles. The van der Waals surface area contributed by atoms with Gasteiger partial charge in [-0.3, -0.25) is 10.6 Å². The highest BCUT2D eigenvalue weighted by Crippen LogP contribution is 2.08. The number of nitrogens with two attached hydrogens (primary N) is 1. The Hall–Kier alpha value is -1.61. The molecule has 0 unspecified atom stereocenters. The average Bonchev–Trinajstić information content (AvgIpc) is 2.15. The van der Waals surface area contributed by atoms with Crippen molar-refractivity contribution in [2.24, 2.45) is 5.84 Å². The van der Waals surface area contributed by atoms with Crippen LogP contribution in [0.2, 0.25) is 0 Å². The molecule has 3 N–H and O–H groups in total. The number of hydrogen-bond acceptors (Lipinski definition) is 3. The molecule has 0 bridgehead atoms. The minimum Gasteiger partial charge on any atom is -0.324 e. The minimum absolute atomic E-state index is 0.745. The van der Waals surface area contributed by atoms with Crippen LogP contribution in [0.4, 0.5) is 5.69 Å². The highest BCUT2D eigenvalue weighted by atomic mass is 16.1. The predicted octanol–water partition coefficient (Wildman–Crippen LogP) is 1.18.